The van der Waals surface area contributed by atoms with Crippen LogP contribution in [0.1, 0.15) is 43.7 Å². The molecule has 1 aromatic rings. The van der Waals surface area contributed by atoms with E-state index in [1.54, 1.807) is 4.90 Å². The first-order valence-corrected chi connectivity index (χ1v) is 8.92. The first-order valence-electron chi connectivity index (χ1n) is 8.92. The minimum atomic E-state index is -0.511. The lowest BCUT2D eigenvalue weighted by atomic mass is 9.91. The van der Waals surface area contributed by atoms with Crippen LogP contribution in [0, 0.1) is 5.92 Å². The summed E-state index contributed by atoms with van der Waals surface area (Å²) < 4.78 is 6.02. The Hall–Kier alpha value is -2.04. The Morgan fingerprint density at radius 3 is 2.62 bits per heavy atom. The number of primary amides is 1. The average Bonchev–Trinajstić information content (AvgIpc) is 2.61. The number of nitrogens with two attached hydrogens (primary N) is 1. The van der Waals surface area contributed by atoms with Gasteiger partial charge in [-0.25, -0.2) is 0 Å². The largest absolute Gasteiger partial charge is 0.481 e. The number of carbonyl (C=O) groups excluding carboxylic acids is 2. The van der Waals surface area contributed by atoms with Crippen molar-refractivity contribution in [3.05, 3.63) is 29.3 Å². The number of benzene rings is 1. The van der Waals surface area contributed by atoms with Crippen LogP contribution < -0.4 is 10.5 Å². The summed E-state index contributed by atoms with van der Waals surface area (Å²) in [6.45, 7) is 2.96. The molecule has 0 bridgehead atoms. The maximum absolute atomic E-state index is 12.6. The van der Waals surface area contributed by atoms with Gasteiger partial charge in [0, 0.05) is 19.0 Å². The highest BCUT2D eigenvalue weighted by Gasteiger charge is 2.29. The van der Waals surface area contributed by atoms with Crippen molar-refractivity contribution in [2.45, 2.75) is 51.6 Å². The molecular formula is C19H26N2O3. The Bertz CT molecular complexity index is 621. The minimum Gasteiger partial charge on any atom is -0.481 e. The van der Waals surface area contributed by atoms with E-state index in [4.69, 9.17) is 10.5 Å². The fourth-order valence-corrected chi connectivity index (χ4v) is 3.74. The second-order valence-corrected chi connectivity index (χ2v) is 6.86. The Balaban J connectivity index is 1.62. The van der Waals surface area contributed by atoms with Gasteiger partial charge in [-0.15, -0.1) is 0 Å². The molecule has 3 rings (SSSR count). The number of aryl methyl sites for hydroxylation is 1. The van der Waals surface area contributed by atoms with Crippen LogP contribution in [0.3, 0.4) is 0 Å². The van der Waals surface area contributed by atoms with Gasteiger partial charge in [0.05, 0.1) is 0 Å². The number of rotatable bonds is 4. The van der Waals surface area contributed by atoms with Gasteiger partial charge in [0.1, 0.15) is 5.75 Å². The molecule has 5 heteroatoms. The molecule has 5 nitrogen and oxygen atoms in total. The molecule has 1 aromatic carbocycles. The highest BCUT2D eigenvalue weighted by Crippen LogP contribution is 2.30. The Morgan fingerprint density at radius 2 is 1.92 bits per heavy atom. The summed E-state index contributed by atoms with van der Waals surface area (Å²) in [6, 6.07) is 6.13. The van der Waals surface area contributed by atoms with Crippen LogP contribution in [0.25, 0.3) is 0 Å². The number of hydrogen-bond acceptors (Lipinski definition) is 3. The van der Waals surface area contributed by atoms with Crippen LogP contribution in [0.5, 0.6) is 5.75 Å². The second kappa shape index (κ2) is 7.24. The van der Waals surface area contributed by atoms with Gasteiger partial charge >= 0.3 is 0 Å². The molecule has 2 aliphatic rings. The molecule has 2 N–H and O–H groups in total. The van der Waals surface area contributed by atoms with Crippen LogP contribution in [0.4, 0.5) is 0 Å². The van der Waals surface area contributed by atoms with Crippen molar-refractivity contribution < 1.29 is 14.3 Å². The number of fused-ring (bicyclic) bond motifs is 1. The van der Waals surface area contributed by atoms with Crippen molar-refractivity contribution in [1.82, 2.24) is 4.90 Å². The molecule has 1 fully saturated rings. The molecular weight excluding hydrogens is 304 g/mol. The van der Waals surface area contributed by atoms with Crippen LogP contribution in [0.2, 0.25) is 0 Å². The van der Waals surface area contributed by atoms with Crippen LogP contribution in [-0.4, -0.2) is 35.9 Å². The molecule has 130 valence electrons. The normalized spacial score (nSPS) is 19.5. The van der Waals surface area contributed by atoms with Crippen molar-refractivity contribution in [2.24, 2.45) is 11.7 Å². The standard InChI is InChI=1S/C19H26N2O3/c1-13(19(23)21-11-9-15(10-12-21)18(20)22)24-17-8-4-6-14-5-2-3-7-16(14)17/h4,6,8,13,15H,2-3,5,7,9-12H2,1H3,(H2,20,22)/t13-/m1/s1. The highest BCUT2D eigenvalue weighted by atomic mass is 16.5. The molecule has 2 amide bonds. The second-order valence-electron chi connectivity index (χ2n) is 6.86. The highest BCUT2D eigenvalue weighted by molar-refractivity contribution is 5.82. The molecule has 1 heterocycles. The molecule has 24 heavy (non-hydrogen) atoms. The summed E-state index contributed by atoms with van der Waals surface area (Å²) in [5.74, 6) is 0.472. The lowest BCUT2D eigenvalue weighted by Crippen LogP contribution is -2.46. The summed E-state index contributed by atoms with van der Waals surface area (Å²) in [4.78, 5) is 25.7. The van der Waals surface area contributed by atoms with E-state index < -0.39 is 6.10 Å². The predicted octanol–water partition coefficient (Wildman–Crippen LogP) is 2.06. The Kier molecular flexibility index (Phi) is 5.07. The molecule has 0 spiro atoms. The minimum absolute atomic E-state index is 0.00803. The molecule has 0 saturated carbocycles. The molecule has 0 radical (unpaired) electrons. The van der Waals surface area contributed by atoms with Crippen molar-refractivity contribution in [3.8, 4) is 5.75 Å². The van der Waals surface area contributed by atoms with Gasteiger partial charge < -0.3 is 15.4 Å². The van der Waals surface area contributed by atoms with Crippen LogP contribution >= 0.6 is 0 Å². The van der Waals surface area contributed by atoms with Gasteiger partial charge in [-0.2, -0.15) is 0 Å². The van der Waals surface area contributed by atoms with E-state index in [9.17, 15) is 9.59 Å². The number of hydrogen-bond donors (Lipinski definition) is 1. The van der Waals surface area contributed by atoms with E-state index in [2.05, 4.69) is 6.07 Å². The van der Waals surface area contributed by atoms with Gasteiger partial charge in [0.15, 0.2) is 6.10 Å². The first-order chi connectivity index (χ1) is 11.6. The molecule has 0 unspecified atom stereocenters. The van der Waals surface area contributed by atoms with Crippen LogP contribution in [-0.2, 0) is 22.4 Å². The summed E-state index contributed by atoms with van der Waals surface area (Å²) in [7, 11) is 0. The van der Waals surface area contributed by atoms with E-state index in [-0.39, 0.29) is 17.7 Å². The predicted molar refractivity (Wildman–Crippen MR) is 91.7 cm³/mol. The van der Waals surface area contributed by atoms with Crippen molar-refractivity contribution in [3.63, 3.8) is 0 Å². The maximum Gasteiger partial charge on any atom is 0.263 e. The zero-order chi connectivity index (χ0) is 17.1. The van der Waals surface area contributed by atoms with E-state index in [0.717, 1.165) is 18.6 Å². The number of piperidine rings is 1. The smallest absolute Gasteiger partial charge is 0.263 e. The molecule has 1 saturated heterocycles. The number of ether oxygens (including phenoxy) is 1. The molecule has 1 atom stereocenters. The number of nitrogens with zero attached hydrogens (tertiary/aromatic N) is 1. The lowest BCUT2D eigenvalue weighted by Gasteiger charge is -2.32. The zero-order valence-electron chi connectivity index (χ0n) is 14.3. The summed E-state index contributed by atoms with van der Waals surface area (Å²) in [6.07, 6.45) is 5.30. The van der Waals surface area contributed by atoms with E-state index in [1.807, 2.05) is 19.1 Å². The number of amides is 2. The van der Waals surface area contributed by atoms with Crippen LogP contribution in [0.15, 0.2) is 18.2 Å². The quantitative estimate of drug-likeness (QED) is 0.918. The molecule has 1 aliphatic carbocycles. The van der Waals surface area contributed by atoms with Crippen molar-refractivity contribution in [1.29, 1.82) is 0 Å². The third kappa shape index (κ3) is 3.55. The van der Waals surface area contributed by atoms with Gasteiger partial charge in [-0.3, -0.25) is 9.59 Å². The van der Waals surface area contributed by atoms with Gasteiger partial charge in [-0.05, 0) is 62.6 Å². The van der Waals surface area contributed by atoms with Crippen molar-refractivity contribution >= 4 is 11.8 Å². The van der Waals surface area contributed by atoms with E-state index in [1.165, 1.54) is 24.0 Å². The van der Waals surface area contributed by atoms with E-state index in [0.29, 0.717) is 25.9 Å². The van der Waals surface area contributed by atoms with Crippen molar-refractivity contribution in [2.75, 3.05) is 13.1 Å². The summed E-state index contributed by atoms with van der Waals surface area (Å²) in [5, 5.41) is 0. The zero-order valence-corrected chi connectivity index (χ0v) is 14.3. The summed E-state index contributed by atoms with van der Waals surface area (Å²) >= 11 is 0. The molecule has 1 aliphatic heterocycles. The average molecular weight is 330 g/mol. The Morgan fingerprint density at radius 1 is 1.21 bits per heavy atom. The third-order valence-electron chi connectivity index (χ3n) is 5.21. The number of carbonyl (C=O) groups is 2. The van der Waals surface area contributed by atoms with Gasteiger partial charge in [0.2, 0.25) is 5.91 Å². The maximum atomic E-state index is 12.6. The fourth-order valence-electron chi connectivity index (χ4n) is 3.74. The Labute approximate surface area is 143 Å². The molecule has 0 aromatic heterocycles. The van der Waals surface area contributed by atoms with Gasteiger partial charge in [-0.1, -0.05) is 12.1 Å². The SMILES string of the molecule is C[C@@H](Oc1cccc2c1CCCC2)C(=O)N1CCC(C(N)=O)CC1. The lowest BCUT2D eigenvalue weighted by molar-refractivity contribution is -0.140. The van der Waals surface area contributed by atoms with E-state index >= 15 is 0 Å². The topological polar surface area (TPSA) is 72.6 Å². The third-order valence-corrected chi connectivity index (χ3v) is 5.21. The van der Waals surface area contributed by atoms with Gasteiger partial charge in [0.25, 0.3) is 5.91 Å². The number of likely N-dealkylation sites (tertiary alicyclic amines) is 1. The monoisotopic (exact) mass is 330 g/mol. The summed E-state index contributed by atoms with van der Waals surface area (Å²) in [5.41, 5.74) is 7.96. The first kappa shape index (κ1) is 16.8. The fraction of sp³-hybridized carbons (Fsp3) is 0.579.